The molecule has 0 bridgehead atoms. The fourth-order valence-corrected chi connectivity index (χ4v) is 1.85. The van der Waals surface area contributed by atoms with Gasteiger partial charge >= 0.3 is 11.8 Å². The first kappa shape index (κ1) is 15.5. The van der Waals surface area contributed by atoms with Gasteiger partial charge in [0.25, 0.3) is 0 Å². The third kappa shape index (κ3) is 3.60. The minimum atomic E-state index is -0.759. The Balaban J connectivity index is 1.90. The number of aryl methyl sites for hydroxylation is 2. The summed E-state index contributed by atoms with van der Waals surface area (Å²) in [6.07, 6.45) is 1.41. The second-order valence-electron chi connectivity index (χ2n) is 4.64. The molecule has 2 aromatic heterocycles. The minimum Gasteiger partial charge on any atom is -0.481 e. The lowest BCUT2D eigenvalue weighted by molar-refractivity contribution is -0.136. The van der Waals surface area contributed by atoms with E-state index in [-0.39, 0.29) is 6.54 Å². The van der Waals surface area contributed by atoms with Crippen molar-refractivity contribution in [2.75, 3.05) is 12.4 Å². The van der Waals surface area contributed by atoms with Gasteiger partial charge in [-0.25, -0.2) is 4.98 Å². The summed E-state index contributed by atoms with van der Waals surface area (Å²) in [5.74, 6) is -1.06. The van der Waals surface area contributed by atoms with Crippen LogP contribution in [0.3, 0.4) is 0 Å². The average Bonchev–Trinajstić information content (AvgIpc) is 2.84. The van der Waals surface area contributed by atoms with Crippen molar-refractivity contribution in [1.82, 2.24) is 20.5 Å². The van der Waals surface area contributed by atoms with Gasteiger partial charge < -0.3 is 15.4 Å². The van der Waals surface area contributed by atoms with Crippen LogP contribution < -0.4 is 15.4 Å². The van der Waals surface area contributed by atoms with Crippen LogP contribution in [0, 0.1) is 13.8 Å². The van der Waals surface area contributed by atoms with Crippen LogP contribution in [-0.2, 0) is 16.1 Å². The number of aromatic nitrogens is 3. The second kappa shape index (κ2) is 6.70. The average molecular weight is 303 g/mol. The number of carbonyl (C=O) groups excluding carboxylic acids is 2. The van der Waals surface area contributed by atoms with Gasteiger partial charge in [-0.15, -0.1) is 0 Å². The van der Waals surface area contributed by atoms with E-state index >= 15 is 0 Å². The molecule has 0 unspecified atom stereocenters. The maximum absolute atomic E-state index is 11.8. The number of pyridine rings is 1. The summed E-state index contributed by atoms with van der Waals surface area (Å²) in [6, 6.07) is 3.19. The van der Waals surface area contributed by atoms with Crippen molar-refractivity contribution in [3.63, 3.8) is 0 Å². The van der Waals surface area contributed by atoms with Crippen LogP contribution in [-0.4, -0.2) is 34.1 Å². The lowest BCUT2D eigenvalue weighted by Crippen LogP contribution is -2.35. The molecular weight excluding hydrogens is 286 g/mol. The Bertz CT molecular complexity index is 659. The maximum Gasteiger partial charge on any atom is 0.313 e. The summed E-state index contributed by atoms with van der Waals surface area (Å²) in [4.78, 5) is 27.5. The first-order chi connectivity index (χ1) is 10.5. The molecule has 0 saturated heterocycles. The Morgan fingerprint density at radius 3 is 2.59 bits per heavy atom. The molecule has 8 heteroatoms. The number of nitrogens with zero attached hydrogens (tertiary/aromatic N) is 2. The van der Waals surface area contributed by atoms with Crippen LogP contribution in [0.25, 0.3) is 0 Å². The molecule has 0 aliphatic heterocycles. The maximum atomic E-state index is 11.8. The summed E-state index contributed by atoms with van der Waals surface area (Å²) in [7, 11) is 1.49. The molecule has 0 spiro atoms. The van der Waals surface area contributed by atoms with E-state index in [0.717, 1.165) is 17.0 Å². The van der Waals surface area contributed by atoms with Crippen LogP contribution in [0.1, 0.15) is 17.0 Å². The first-order valence-electron chi connectivity index (χ1n) is 6.61. The summed E-state index contributed by atoms with van der Waals surface area (Å²) >= 11 is 0. The molecule has 2 heterocycles. The van der Waals surface area contributed by atoms with Gasteiger partial charge in [0.15, 0.2) is 0 Å². The third-order valence-electron chi connectivity index (χ3n) is 3.12. The van der Waals surface area contributed by atoms with Crippen molar-refractivity contribution in [1.29, 1.82) is 0 Å². The Morgan fingerprint density at radius 1 is 1.27 bits per heavy atom. The normalized spacial score (nSPS) is 10.1. The summed E-state index contributed by atoms with van der Waals surface area (Å²) in [5.41, 5.74) is 2.93. The molecule has 2 amide bonds. The molecule has 0 aromatic carbocycles. The molecule has 0 saturated carbocycles. The van der Waals surface area contributed by atoms with Crippen LogP contribution in [0.15, 0.2) is 18.3 Å². The van der Waals surface area contributed by atoms with Gasteiger partial charge in [0.2, 0.25) is 5.88 Å². The number of hydrogen-bond acceptors (Lipinski definition) is 5. The van der Waals surface area contributed by atoms with Crippen LogP contribution in [0.2, 0.25) is 0 Å². The summed E-state index contributed by atoms with van der Waals surface area (Å²) in [5, 5.41) is 11.9. The Kier molecular flexibility index (Phi) is 4.72. The van der Waals surface area contributed by atoms with Crippen molar-refractivity contribution in [3.8, 4) is 5.88 Å². The number of methoxy groups -OCH3 is 1. The number of H-pyrrole nitrogens is 1. The number of rotatable bonds is 4. The van der Waals surface area contributed by atoms with Crippen LogP contribution in [0.4, 0.5) is 5.69 Å². The smallest absolute Gasteiger partial charge is 0.313 e. The van der Waals surface area contributed by atoms with Gasteiger partial charge in [-0.2, -0.15) is 5.10 Å². The number of aromatic amines is 1. The van der Waals surface area contributed by atoms with Crippen molar-refractivity contribution < 1.29 is 14.3 Å². The number of anilines is 1. The van der Waals surface area contributed by atoms with E-state index in [2.05, 4.69) is 25.8 Å². The molecule has 8 nitrogen and oxygen atoms in total. The number of nitrogens with one attached hydrogen (secondary N) is 3. The topological polar surface area (TPSA) is 109 Å². The van der Waals surface area contributed by atoms with E-state index in [1.54, 1.807) is 12.1 Å². The lowest BCUT2D eigenvalue weighted by atomic mass is 10.2. The van der Waals surface area contributed by atoms with E-state index in [0.29, 0.717) is 11.6 Å². The molecule has 0 atom stereocenters. The number of ether oxygens (including phenoxy) is 1. The standard InChI is InChI=1S/C14H17N5O3/c1-8-11(9(2)19-18-8)7-16-13(20)14(21)17-10-4-5-12(22-3)15-6-10/h4-6H,7H2,1-3H3,(H,16,20)(H,17,21)(H,18,19). The monoisotopic (exact) mass is 303 g/mol. The Labute approximate surface area is 127 Å². The molecule has 0 aliphatic rings. The molecule has 2 aromatic rings. The van der Waals surface area contributed by atoms with Crippen LogP contribution in [0.5, 0.6) is 5.88 Å². The van der Waals surface area contributed by atoms with Gasteiger partial charge in [0, 0.05) is 23.9 Å². The minimum absolute atomic E-state index is 0.237. The zero-order chi connectivity index (χ0) is 16.1. The van der Waals surface area contributed by atoms with Gasteiger partial charge in [0.05, 0.1) is 24.7 Å². The SMILES string of the molecule is COc1ccc(NC(=O)C(=O)NCc2c(C)n[nH]c2C)cn1. The largest absolute Gasteiger partial charge is 0.481 e. The van der Waals surface area contributed by atoms with E-state index in [1.807, 2.05) is 13.8 Å². The van der Waals surface area contributed by atoms with Crippen LogP contribution >= 0.6 is 0 Å². The molecule has 2 rings (SSSR count). The molecule has 3 N–H and O–H groups in total. The molecule has 0 aliphatic carbocycles. The molecule has 22 heavy (non-hydrogen) atoms. The first-order valence-corrected chi connectivity index (χ1v) is 6.61. The second-order valence-corrected chi connectivity index (χ2v) is 4.64. The molecule has 0 radical (unpaired) electrons. The van der Waals surface area contributed by atoms with Gasteiger partial charge in [0.1, 0.15) is 0 Å². The van der Waals surface area contributed by atoms with Crippen molar-refractivity contribution in [3.05, 3.63) is 35.3 Å². The third-order valence-corrected chi connectivity index (χ3v) is 3.12. The number of hydrogen-bond donors (Lipinski definition) is 3. The predicted molar refractivity (Wildman–Crippen MR) is 79.3 cm³/mol. The van der Waals surface area contributed by atoms with E-state index in [4.69, 9.17) is 4.74 Å². The Morgan fingerprint density at radius 2 is 2.05 bits per heavy atom. The highest BCUT2D eigenvalue weighted by molar-refractivity contribution is 6.39. The molecule has 0 fully saturated rings. The quantitative estimate of drug-likeness (QED) is 0.720. The fraction of sp³-hybridized carbons (Fsp3) is 0.286. The highest BCUT2D eigenvalue weighted by Crippen LogP contribution is 2.11. The van der Waals surface area contributed by atoms with E-state index in [9.17, 15) is 9.59 Å². The zero-order valence-corrected chi connectivity index (χ0v) is 12.6. The highest BCUT2D eigenvalue weighted by atomic mass is 16.5. The number of carbonyl (C=O) groups is 2. The van der Waals surface area contributed by atoms with Crippen molar-refractivity contribution >= 4 is 17.5 Å². The van der Waals surface area contributed by atoms with Gasteiger partial charge in [-0.3, -0.25) is 14.7 Å². The lowest BCUT2D eigenvalue weighted by Gasteiger charge is -2.07. The summed E-state index contributed by atoms with van der Waals surface area (Å²) in [6.45, 7) is 3.92. The fourth-order valence-electron chi connectivity index (χ4n) is 1.85. The molecular formula is C14H17N5O3. The zero-order valence-electron chi connectivity index (χ0n) is 12.6. The molecule has 116 valence electrons. The van der Waals surface area contributed by atoms with Crippen molar-refractivity contribution in [2.24, 2.45) is 0 Å². The van der Waals surface area contributed by atoms with E-state index < -0.39 is 11.8 Å². The van der Waals surface area contributed by atoms with Gasteiger partial charge in [-0.1, -0.05) is 0 Å². The number of amides is 2. The van der Waals surface area contributed by atoms with E-state index in [1.165, 1.54) is 13.3 Å². The van der Waals surface area contributed by atoms with Crippen molar-refractivity contribution in [2.45, 2.75) is 20.4 Å². The Hall–Kier alpha value is -2.90. The summed E-state index contributed by atoms with van der Waals surface area (Å²) < 4.78 is 4.91. The highest BCUT2D eigenvalue weighted by Gasteiger charge is 2.15. The van der Waals surface area contributed by atoms with Gasteiger partial charge in [-0.05, 0) is 19.9 Å². The predicted octanol–water partition coefficient (Wildman–Crippen LogP) is 0.685.